The molecule has 4 rings (SSSR count). The van der Waals surface area contributed by atoms with Crippen LogP contribution in [0, 0.1) is 0 Å². The lowest BCUT2D eigenvalue weighted by Gasteiger charge is -2.28. The first-order chi connectivity index (χ1) is 16.0. The van der Waals surface area contributed by atoms with E-state index in [1.165, 1.54) is 22.9 Å². The second-order valence-corrected chi connectivity index (χ2v) is 9.16. The molecule has 1 aromatic heterocycles. The Labute approximate surface area is 202 Å². The van der Waals surface area contributed by atoms with Gasteiger partial charge in [0.2, 0.25) is 5.91 Å². The van der Waals surface area contributed by atoms with Crippen molar-refractivity contribution in [3.8, 4) is 0 Å². The first-order valence-electron chi connectivity index (χ1n) is 11.0. The van der Waals surface area contributed by atoms with E-state index in [0.717, 1.165) is 23.9 Å². The van der Waals surface area contributed by atoms with Crippen LogP contribution in [0.15, 0.2) is 53.7 Å². The molecule has 3 aromatic rings. The van der Waals surface area contributed by atoms with Gasteiger partial charge in [-0.25, -0.2) is 0 Å². The van der Waals surface area contributed by atoms with Crippen LogP contribution in [0.3, 0.4) is 0 Å². The molecule has 0 bridgehead atoms. The fraction of sp³-hybridized carbons (Fsp3) is 0.333. The molecule has 172 valence electrons. The zero-order valence-corrected chi connectivity index (χ0v) is 20.0. The van der Waals surface area contributed by atoms with Crippen LogP contribution in [0.4, 0.5) is 0 Å². The number of benzene rings is 2. The summed E-state index contributed by atoms with van der Waals surface area (Å²) in [6, 6.07) is 15.1. The van der Waals surface area contributed by atoms with E-state index in [1.807, 2.05) is 28.5 Å². The van der Waals surface area contributed by atoms with Crippen LogP contribution in [0.5, 0.6) is 0 Å². The van der Waals surface area contributed by atoms with E-state index < -0.39 is 0 Å². The lowest BCUT2D eigenvalue weighted by atomic mass is 10.00. The van der Waals surface area contributed by atoms with E-state index in [1.54, 1.807) is 24.3 Å². The van der Waals surface area contributed by atoms with Gasteiger partial charge in [0, 0.05) is 43.2 Å². The third kappa shape index (κ3) is 5.75. The number of rotatable bonds is 8. The maximum absolute atomic E-state index is 12.8. The number of aromatic nitrogens is 3. The second-order valence-electron chi connectivity index (χ2n) is 7.78. The molecule has 0 atom stereocenters. The predicted molar refractivity (Wildman–Crippen MR) is 129 cm³/mol. The summed E-state index contributed by atoms with van der Waals surface area (Å²) in [5.74, 6) is 1.07. The minimum atomic E-state index is -0.155. The first kappa shape index (κ1) is 23.3. The largest absolute Gasteiger partial charge is 0.352 e. The van der Waals surface area contributed by atoms with Gasteiger partial charge < -0.3 is 14.8 Å². The van der Waals surface area contributed by atoms with Gasteiger partial charge in [-0.05, 0) is 48.7 Å². The summed E-state index contributed by atoms with van der Waals surface area (Å²) in [5.41, 5.74) is 3.11. The normalized spacial score (nSPS) is 13.0. The molecule has 0 saturated carbocycles. The van der Waals surface area contributed by atoms with Crippen LogP contribution in [0.2, 0.25) is 5.02 Å². The van der Waals surface area contributed by atoms with E-state index in [-0.39, 0.29) is 11.8 Å². The summed E-state index contributed by atoms with van der Waals surface area (Å²) in [6.45, 7) is 4.56. The molecule has 2 aromatic carbocycles. The lowest BCUT2D eigenvalue weighted by molar-refractivity contribution is -0.129. The minimum absolute atomic E-state index is 0.108. The van der Waals surface area contributed by atoms with Crippen molar-refractivity contribution in [1.29, 1.82) is 0 Å². The van der Waals surface area contributed by atoms with Gasteiger partial charge in [0.05, 0.1) is 5.75 Å². The molecular formula is C24H26ClN5O2S. The molecule has 0 unspecified atom stereocenters. The van der Waals surface area contributed by atoms with Crippen LogP contribution >= 0.6 is 23.4 Å². The van der Waals surface area contributed by atoms with Gasteiger partial charge in [0.1, 0.15) is 5.82 Å². The highest BCUT2D eigenvalue weighted by Gasteiger charge is 2.21. The van der Waals surface area contributed by atoms with Crippen molar-refractivity contribution in [2.45, 2.75) is 38.0 Å². The number of carbonyl (C=O) groups excluding carboxylic acids is 2. The van der Waals surface area contributed by atoms with E-state index in [2.05, 4.69) is 27.6 Å². The molecule has 33 heavy (non-hydrogen) atoms. The molecule has 0 radical (unpaired) electrons. The van der Waals surface area contributed by atoms with Gasteiger partial charge in [-0.1, -0.05) is 47.6 Å². The minimum Gasteiger partial charge on any atom is -0.352 e. The van der Waals surface area contributed by atoms with Gasteiger partial charge in [0.25, 0.3) is 5.91 Å². The zero-order chi connectivity index (χ0) is 23.2. The van der Waals surface area contributed by atoms with Gasteiger partial charge in [-0.15, -0.1) is 10.2 Å². The van der Waals surface area contributed by atoms with E-state index in [0.29, 0.717) is 42.4 Å². The van der Waals surface area contributed by atoms with Crippen molar-refractivity contribution in [3.63, 3.8) is 0 Å². The van der Waals surface area contributed by atoms with Crippen molar-refractivity contribution in [3.05, 3.63) is 76.1 Å². The van der Waals surface area contributed by atoms with Crippen LogP contribution in [0.1, 0.15) is 34.2 Å². The highest BCUT2D eigenvalue weighted by Crippen LogP contribution is 2.22. The van der Waals surface area contributed by atoms with Gasteiger partial charge in [-0.3, -0.25) is 9.59 Å². The van der Waals surface area contributed by atoms with Crippen LogP contribution in [-0.4, -0.2) is 50.3 Å². The Hall–Kier alpha value is -2.84. The van der Waals surface area contributed by atoms with Gasteiger partial charge in [-0.2, -0.15) is 0 Å². The summed E-state index contributed by atoms with van der Waals surface area (Å²) in [4.78, 5) is 27.0. The van der Waals surface area contributed by atoms with E-state index >= 15 is 0 Å². The summed E-state index contributed by atoms with van der Waals surface area (Å²) in [7, 11) is 0. The molecule has 1 aliphatic heterocycles. The van der Waals surface area contributed by atoms with Crippen molar-refractivity contribution < 1.29 is 9.59 Å². The summed E-state index contributed by atoms with van der Waals surface area (Å²) in [5, 5.41) is 12.8. The number of nitrogens with zero attached hydrogens (tertiary/aromatic N) is 4. The Balaban J connectivity index is 1.29. The number of fused-ring (bicyclic) bond motifs is 1. The third-order valence-corrected chi connectivity index (χ3v) is 6.86. The predicted octanol–water partition coefficient (Wildman–Crippen LogP) is 3.60. The number of nitrogens with one attached hydrogen (secondary N) is 1. The number of amides is 2. The Morgan fingerprint density at radius 1 is 1.09 bits per heavy atom. The molecule has 1 aliphatic rings. The molecule has 2 heterocycles. The maximum atomic E-state index is 12.8. The average Bonchev–Trinajstić information content (AvgIpc) is 3.24. The molecule has 2 amide bonds. The van der Waals surface area contributed by atoms with Crippen molar-refractivity contribution in [2.24, 2.45) is 0 Å². The zero-order valence-electron chi connectivity index (χ0n) is 18.5. The first-order valence-corrected chi connectivity index (χ1v) is 12.3. The Morgan fingerprint density at radius 2 is 1.85 bits per heavy atom. The molecule has 0 spiro atoms. The van der Waals surface area contributed by atoms with Crippen LogP contribution in [-0.2, 0) is 30.7 Å². The standard InChI is InChI=1S/C24H26ClN5O2S/c1-2-30-21(11-13-26-23(32)18-7-9-20(25)10-8-18)27-28-24(30)33-16-22(31)29-14-12-17-5-3-4-6-19(17)15-29/h3-10H,2,11-16H2,1H3,(H,26,32). The molecular weight excluding hydrogens is 458 g/mol. The molecule has 0 saturated heterocycles. The van der Waals surface area contributed by atoms with Crippen molar-refractivity contribution in [1.82, 2.24) is 25.0 Å². The highest BCUT2D eigenvalue weighted by atomic mass is 35.5. The van der Waals surface area contributed by atoms with E-state index in [9.17, 15) is 9.59 Å². The fourth-order valence-corrected chi connectivity index (χ4v) is 4.90. The molecule has 0 fully saturated rings. The van der Waals surface area contributed by atoms with E-state index in [4.69, 9.17) is 11.6 Å². The number of hydrogen-bond donors (Lipinski definition) is 1. The van der Waals surface area contributed by atoms with Crippen LogP contribution in [0.25, 0.3) is 0 Å². The summed E-state index contributed by atoms with van der Waals surface area (Å²) < 4.78 is 2.00. The number of thioether (sulfide) groups is 1. The topological polar surface area (TPSA) is 80.1 Å². The summed E-state index contributed by atoms with van der Waals surface area (Å²) >= 11 is 7.28. The highest BCUT2D eigenvalue weighted by molar-refractivity contribution is 7.99. The van der Waals surface area contributed by atoms with Gasteiger partial charge in [0.15, 0.2) is 5.16 Å². The monoisotopic (exact) mass is 483 g/mol. The second kappa shape index (κ2) is 10.9. The van der Waals surface area contributed by atoms with Crippen molar-refractivity contribution in [2.75, 3.05) is 18.8 Å². The molecule has 9 heteroatoms. The summed E-state index contributed by atoms with van der Waals surface area (Å²) in [6.07, 6.45) is 1.45. The number of hydrogen-bond acceptors (Lipinski definition) is 5. The number of carbonyl (C=O) groups is 2. The molecule has 7 nitrogen and oxygen atoms in total. The Morgan fingerprint density at radius 3 is 2.61 bits per heavy atom. The smallest absolute Gasteiger partial charge is 0.251 e. The molecule has 0 aliphatic carbocycles. The number of halogens is 1. The molecule has 1 N–H and O–H groups in total. The fourth-order valence-electron chi connectivity index (χ4n) is 3.85. The van der Waals surface area contributed by atoms with Crippen LogP contribution < -0.4 is 5.32 Å². The van der Waals surface area contributed by atoms with Crippen molar-refractivity contribution >= 4 is 35.2 Å². The maximum Gasteiger partial charge on any atom is 0.251 e. The lowest BCUT2D eigenvalue weighted by Crippen LogP contribution is -2.37. The SMILES string of the molecule is CCn1c(CCNC(=O)c2ccc(Cl)cc2)nnc1SCC(=O)N1CCc2ccccc2C1. The Kier molecular flexibility index (Phi) is 7.67. The average molecular weight is 484 g/mol. The Bertz CT molecular complexity index is 1130. The quantitative estimate of drug-likeness (QED) is 0.495. The van der Waals surface area contributed by atoms with Gasteiger partial charge >= 0.3 is 0 Å². The third-order valence-electron chi connectivity index (χ3n) is 5.66.